The van der Waals surface area contributed by atoms with Gasteiger partial charge < -0.3 is 9.84 Å². The molecule has 5 heteroatoms. The predicted octanol–water partition coefficient (Wildman–Crippen LogP) is 2.50. The standard InChI is InChI=1S/C13H23NO4/c1-12(2,3)18-11(17)14(5)13(4,10(15)16)8-9-6-7-9/h9H,6-8H2,1-5H3,(H,15,16). The second kappa shape index (κ2) is 4.78. The molecule has 0 aromatic heterocycles. The summed E-state index contributed by atoms with van der Waals surface area (Å²) in [5, 5.41) is 9.38. The Bertz CT molecular complexity index is 343. The molecule has 18 heavy (non-hydrogen) atoms. The van der Waals surface area contributed by atoms with Gasteiger partial charge in [0.25, 0.3) is 0 Å². The first-order valence-electron chi connectivity index (χ1n) is 6.26. The highest BCUT2D eigenvalue weighted by Crippen LogP contribution is 2.39. The average molecular weight is 257 g/mol. The molecule has 1 unspecified atom stereocenters. The van der Waals surface area contributed by atoms with Crippen LogP contribution in [0.1, 0.15) is 47.0 Å². The van der Waals surface area contributed by atoms with Crippen LogP contribution in [-0.2, 0) is 9.53 Å². The van der Waals surface area contributed by atoms with Crippen LogP contribution in [-0.4, -0.2) is 40.3 Å². The molecule has 0 radical (unpaired) electrons. The van der Waals surface area contributed by atoms with Crippen molar-refractivity contribution in [1.29, 1.82) is 0 Å². The van der Waals surface area contributed by atoms with Crippen LogP contribution in [0.2, 0.25) is 0 Å². The molecule has 1 rings (SSSR count). The van der Waals surface area contributed by atoms with Crippen LogP contribution in [0.3, 0.4) is 0 Å². The Morgan fingerprint density at radius 2 is 1.78 bits per heavy atom. The quantitative estimate of drug-likeness (QED) is 0.840. The summed E-state index contributed by atoms with van der Waals surface area (Å²) in [6.45, 7) is 6.87. The second-order valence-corrected chi connectivity index (χ2v) is 6.27. The molecule has 0 aliphatic heterocycles. The van der Waals surface area contributed by atoms with Crippen LogP contribution in [0.25, 0.3) is 0 Å². The molecule has 0 aromatic rings. The third kappa shape index (κ3) is 3.62. The molecule has 1 fully saturated rings. The van der Waals surface area contributed by atoms with Gasteiger partial charge in [-0.05, 0) is 40.0 Å². The van der Waals surface area contributed by atoms with E-state index < -0.39 is 23.2 Å². The van der Waals surface area contributed by atoms with Crippen LogP contribution in [0.15, 0.2) is 0 Å². The van der Waals surface area contributed by atoms with Gasteiger partial charge in [-0.25, -0.2) is 9.59 Å². The largest absolute Gasteiger partial charge is 0.480 e. The van der Waals surface area contributed by atoms with E-state index in [2.05, 4.69) is 0 Å². The Morgan fingerprint density at radius 1 is 1.28 bits per heavy atom. The molecule has 1 amide bonds. The zero-order chi connectivity index (χ0) is 14.1. The van der Waals surface area contributed by atoms with Crippen molar-refractivity contribution in [3.05, 3.63) is 0 Å². The lowest BCUT2D eigenvalue weighted by molar-refractivity contribution is -0.150. The lowest BCUT2D eigenvalue weighted by Gasteiger charge is -2.36. The number of amides is 1. The van der Waals surface area contributed by atoms with E-state index in [1.165, 1.54) is 11.9 Å². The van der Waals surface area contributed by atoms with E-state index in [0.29, 0.717) is 12.3 Å². The molecule has 0 saturated heterocycles. The van der Waals surface area contributed by atoms with Crippen molar-refractivity contribution in [2.24, 2.45) is 5.92 Å². The minimum Gasteiger partial charge on any atom is -0.480 e. The third-order valence-corrected chi connectivity index (χ3v) is 3.25. The van der Waals surface area contributed by atoms with Crippen LogP contribution in [0, 0.1) is 5.92 Å². The third-order valence-electron chi connectivity index (χ3n) is 3.25. The number of rotatable bonds is 4. The highest BCUT2D eigenvalue weighted by atomic mass is 16.6. The van der Waals surface area contributed by atoms with Gasteiger partial charge in [0.2, 0.25) is 0 Å². The van der Waals surface area contributed by atoms with Crippen molar-refractivity contribution in [3.63, 3.8) is 0 Å². The van der Waals surface area contributed by atoms with E-state index in [4.69, 9.17) is 4.74 Å². The van der Waals surface area contributed by atoms with Crippen LogP contribution < -0.4 is 0 Å². The molecule has 104 valence electrons. The molecule has 1 aliphatic rings. The minimum atomic E-state index is -1.19. The normalized spacial score (nSPS) is 18.9. The number of ether oxygens (including phenoxy) is 1. The Labute approximate surface area is 108 Å². The van der Waals surface area contributed by atoms with Gasteiger partial charge in [-0.3, -0.25) is 4.90 Å². The highest BCUT2D eigenvalue weighted by Gasteiger charge is 2.45. The summed E-state index contributed by atoms with van der Waals surface area (Å²) in [6.07, 6.45) is 1.99. The van der Waals surface area contributed by atoms with E-state index >= 15 is 0 Å². The summed E-state index contributed by atoms with van der Waals surface area (Å²) in [6, 6.07) is 0. The fraction of sp³-hybridized carbons (Fsp3) is 0.846. The summed E-state index contributed by atoms with van der Waals surface area (Å²) in [7, 11) is 1.49. The highest BCUT2D eigenvalue weighted by molar-refractivity contribution is 5.84. The Morgan fingerprint density at radius 3 is 2.11 bits per heavy atom. The summed E-state index contributed by atoms with van der Waals surface area (Å²) >= 11 is 0. The maximum atomic E-state index is 12.0. The van der Waals surface area contributed by atoms with E-state index in [1.54, 1.807) is 27.7 Å². The number of carbonyl (C=O) groups is 2. The van der Waals surface area contributed by atoms with Gasteiger partial charge in [0.15, 0.2) is 0 Å². The molecule has 1 atom stereocenters. The SMILES string of the molecule is CN(C(=O)OC(C)(C)C)C(C)(CC1CC1)C(=O)O. The number of hydrogen-bond acceptors (Lipinski definition) is 3. The molecule has 1 saturated carbocycles. The lowest BCUT2D eigenvalue weighted by atomic mass is 9.93. The summed E-state index contributed by atoms with van der Waals surface area (Å²) in [5.41, 5.74) is -1.81. The first kappa shape index (κ1) is 14.8. The van der Waals surface area contributed by atoms with Crippen LogP contribution in [0.4, 0.5) is 4.79 Å². The van der Waals surface area contributed by atoms with Gasteiger partial charge in [0, 0.05) is 7.05 Å². The van der Waals surface area contributed by atoms with Crippen molar-refractivity contribution in [3.8, 4) is 0 Å². The zero-order valence-corrected chi connectivity index (χ0v) is 11.8. The fourth-order valence-corrected chi connectivity index (χ4v) is 1.78. The number of nitrogens with zero attached hydrogens (tertiary/aromatic N) is 1. The Kier molecular flexibility index (Phi) is 3.93. The van der Waals surface area contributed by atoms with Gasteiger partial charge in [0.05, 0.1) is 0 Å². The first-order chi connectivity index (χ1) is 8.06. The maximum absolute atomic E-state index is 12.0. The molecule has 5 nitrogen and oxygen atoms in total. The number of carbonyl (C=O) groups excluding carboxylic acids is 1. The van der Waals surface area contributed by atoms with Crippen LogP contribution >= 0.6 is 0 Å². The number of hydrogen-bond donors (Lipinski definition) is 1. The first-order valence-corrected chi connectivity index (χ1v) is 6.26. The molecule has 0 spiro atoms. The van der Waals surface area contributed by atoms with Crippen molar-refractivity contribution < 1.29 is 19.4 Å². The summed E-state index contributed by atoms with van der Waals surface area (Å²) < 4.78 is 5.22. The number of carboxylic acid groups (broad SMARTS) is 1. The molecular weight excluding hydrogens is 234 g/mol. The van der Waals surface area contributed by atoms with Crippen molar-refractivity contribution in [2.75, 3.05) is 7.05 Å². The molecule has 1 aliphatic carbocycles. The van der Waals surface area contributed by atoms with Gasteiger partial charge in [-0.15, -0.1) is 0 Å². The summed E-state index contributed by atoms with van der Waals surface area (Å²) in [4.78, 5) is 24.6. The topological polar surface area (TPSA) is 66.8 Å². The summed E-state index contributed by atoms with van der Waals surface area (Å²) in [5.74, 6) is -0.571. The van der Waals surface area contributed by atoms with E-state index in [-0.39, 0.29) is 0 Å². The molecule has 0 bridgehead atoms. The lowest BCUT2D eigenvalue weighted by Crippen LogP contribution is -2.54. The molecule has 0 heterocycles. The van der Waals surface area contributed by atoms with Crippen LogP contribution in [0.5, 0.6) is 0 Å². The van der Waals surface area contributed by atoms with E-state index in [9.17, 15) is 14.7 Å². The maximum Gasteiger partial charge on any atom is 0.410 e. The predicted molar refractivity (Wildman–Crippen MR) is 67.4 cm³/mol. The van der Waals surface area contributed by atoms with E-state index in [1.807, 2.05) is 0 Å². The van der Waals surface area contributed by atoms with Gasteiger partial charge in [-0.2, -0.15) is 0 Å². The Hall–Kier alpha value is -1.26. The number of carboxylic acids is 1. The zero-order valence-electron chi connectivity index (χ0n) is 11.8. The molecule has 1 N–H and O–H groups in total. The average Bonchev–Trinajstić information content (AvgIpc) is 2.97. The van der Waals surface area contributed by atoms with Gasteiger partial charge in [0.1, 0.15) is 11.1 Å². The van der Waals surface area contributed by atoms with E-state index in [0.717, 1.165) is 12.8 Å². The smallest absolute Gasteiger partial charge is 0.410 e. The minimum absolute atomic E-state index is 0.413. The van der Waals surface area contributed by atoms with Crippen molar-refractivity contribution >= 4 is 12.1 Å². The van der Waals surface area contributed by atoms with Gasteiger partial charge in [-0.1, -0.05) is 12.8 Å². The fourth-order valence-electron chi connectivity index (χ4n) is 1.78. The van der Waals surface area contributed by atoms with Gasteiger partial charge >= 0.3 is 12.1 Å². The second-order valence-electron chi connectivity index (χ2n) is 6.27. The van der Waals surface area contributed by atoms with Crippen molar-refractivity contribution in [2.45, 2.75) is 58.1 Å². The Balaban J connectivity index is 2.78. The number of aliphatic carboxylic acids is 1. The monoisotopic (exact) mass is 257 g/mol. The van der Waals surface area contributed by atoms with Crippen molar-refractivity contribution in [1.82, 2.24) is 4.90 Å². The molecule has 0 aromatic carbocycles. The molecular formula is C13H23NO4. The number of likely N-dealkylation sites (N-methyl/N-ethyl adjacent to an activating group) is 1.